The zero-order valence-electron chi connectivity index (χ0n) is 17.1. The van der Waals surface area contributed by atoms with E-state index in [-0.39, 0.29) is 31.6 Å². The highest BCUT2D eigenvalue weighted by atomic mass is 79.9. The number of ether oxygens (including phenoxy) is 2. The van der Waals surface area contributed by atoms with E-state index in [1.807, 2.05) is 42.5 Å². The second-order valence-corrected chi connectivity index (χ2v) is 8.12. The Bertz CT molecular complexity index is 1140. The van der Waals surface area contributed by atoms with Crippen LogP contribution in [0.1, 0.15) is 27.1 Å². The topological polar surface area (TPSA) is 72.9 Å². The monoisotopic (exact) mass is 493 g/mol. The van der Waals surface area contributed by atoms with Crippen LogP contribution in [-0.2, 0) is 9.53 Å². The minimum Gasteiger partial charge on any atom is -0.482 e. The molecule has 3 aromatic rings. The third-order valence-corrected chi connectivity index (χ3v) is 5.53. The molecule has 6 nitrogen and oxygen atoms in total. The molecule has 32 heavy (non-hydrogen) atoms. The van der Waals surface area contributed by atoms with E-state index in [1.54, 1.807) is 30.3 Å². The molecule has 0 saturated carbocycles. The molecule has 0 radical (unpaired) electrons. The number of benzene rings is 3. The Morgan fingerprint density at radius 2 is 1.53 bits per heavy atom. The summed E-state index contributed by atoms with van der Waals surface area (Å²) in [5.74, 6) is -0.603. The summed E-state index contributed by atoms with van der Waals surface area (Å²) in [6.45, 7) is 0.0526. The van der Waals surface area contributed by atoms with Gasteiger partial charge in [-0.1, -0.05) is 58.4 Å². The second-order valence-electron chi connectivity index (χ2n) is 7.20. The summed E-state index contributed by atoms with van der Waals surface area (Å²) in [7, 11) is 0. The predicted molar refractivity (Wildman–Crippen MR) is 122 cm³/mol. The number of rotatable bonds is 8. The maximum absolute atomic E-state index is 12.4. The van der Waals surface area contributed by atoms with E-state index < -0.39 is 5.97 Å². The van der Waals surface area contributed by atoms with Crippen LogP contribution in [0.2, 0.25) is 0 Å². The van der Waals surface area contributed by atoms with Crippen LogP contribution in [0.3, 0.4) is 0 Å². The summed E-state index contributed by atoms with van der Waals surface area (Å²) < 4.78 is 11.4. The van der Waals surface area contributed by atoms with Crippen molar-refractivity contribution in [1.29, 1.82) is 0 Å². The molecule has 0 aromatic heterocycles. The van der Waals surface area contributed by atoms with E-state index in [9.17, 15) is 14.4 Å². The number of carbonyl (C=O) groups is 3. The lowest BCUT2D eigenvalue weighted by Crippen LogP contribution is -2.31. The van der Waals surface area contributed by atoms with Crippen molar-refractivity contribution in [3.63, 3.8) is 0 Å². The van der Waals surface area contributed by atoms with Crippen LogP contribution in [-0.4, -0.2) is 42.4 Å². The Labute approximate surface area is 193 Å². The molecule has 0 atom stereocenters. The third kappa shape index (κ3) is 4.89. The van der Waals surface area contributed by atoms with Crippen molar-refractivity contribution in [2.75, 3.05) is 19.8 Å². The van der Waals surface area contributed by atoms with Gasteiger partial charge in [-0.3, -0.25) is 14.5 Å². The maximum Gasteiger partial charge on any atom is 0.344 e. The minimum absolute atomic E-state index is 0.0895. The van der Waals surface area contributed by atoms with Crippen LogP contribution in [0.4, 0.5) is 0 Å². The summed E-state index contributed by atoms with van der Waals surface area (Å²) in [5, 5.41) is 0. The van der Waals surface area contributed by atoms with Gasteiger partial charge < -0.3 is 9.47 Å². The summed E-state index contributed by atoms with van der Waals surface area (Å²) in [5.41, 5.74) is 2.93. The number of halogens is 1. The fraction of sp³-hybridized carbons (Fsp3) is 0.160. The van der Waals surface area contributed by atoms with E-state index in [2.05, 4.69) is 15.9 Å². The quantitative estimate of drug-likeness (QED) is 0.257. The zero-order chi connectivity index (χ0) is 22.5. The number of amides is 2. The molecule has 2 amide bonds. The van der Waals surface area contributed by atoms with E-state index in [1.165, 1.54) is 4.90 Å². The van der Waals surface area contributed by atoms with Gasteiger partial charge >= 0.3 is 5.97 Å². The Balaban J connectivity index is 1.19. The molecule has 0 spiro atoms. The predicted octanol–water partition coefficient (Wildman–Crippen LogP) is 4.72. The average molecular weight is 494 g/mol. The lowest BCUT2D eigenvalue weighted by Gasteiger charge is -2.13. The fourth-order valence-corrected chi connectivity index (χ4v) is 3.79. The Morgan fingerprint density at radius 3 is 2.28 bits per heavy atom. The van der Waals surface area contributed by atoms with Gasteiger partial charge in [-0.2, -0.15) is 0 Å². The first-order valence-electron chi connectivity index (χ1n) is 10.1. The molecular formula is C25H20BrNO5. The summed E-state index contributed by atoms with van der Waals surface area (Å²) in [6, 6.07) is 22.4. The highest BCUT2D eigenvalue weighted by Gasteiger charge is 2.35. The van der Waals surface area contributed by atoms with Crippen molar-refractivity contribution in [3.8, 4) is 16.9 Å². The van der Waals surface area contributed by atoms with Gasteiger partial charge in [-0.05, 0) is 47.9 Å². The molecule has 0 bridgehead atoms. The van der Waals surface area contributed by atoms with Crippen molar-refractivity contribution in [3.05, 3.63) is 88.4 Å². The number of hydrogen-bond acceptors (Lipinski definition) is 5. The van der Waals surface area contributed by atoms with Crippen LogP contribution < -0.4 is 4.74 Å². The van der Waals surface area contributed by atoms with Crippen molar-refractivity contribution in [2.45, 2.75) is 6.42 Å². The first-order chi connectivity index (χ1) is 15.5. The van der Waals surface area contributed by atoms with Crippen LogP contribution in [0, 0.1) is 0 Å². The van der Waals surface area contributed by atoms with Gasteiger partial charge in [-0.15, -0.1) is 0 Å². The molecule has 0 saturated heterocycles. The molecule has 4 rings (SSSR count). The normalized spacial score (nSPS) is 12.6. The molecule has 0 fully saturated rings. The van der Waals surface area contributed by atoms with Gasteiger partial charge in [0.05, 0.1) is 17.7 Å². The van der Waals surface area contributed by atoms with Crippen molar-refractivity contribution >= 4 is 33.7 Å². The molecule has 0 unspecified atom stereocenters. The highest BCUT2D eigenvalue weighted by molar-refractivity contribution is 9.10. The number of carbonyl (C=O) groups excluding carboxylic acids is 3. The Hall–Kier alpha value is -3.45. The van der Waals surface area contributed by atoms with E-state index in [0.29, 0.717) is 23.3 Å². The molecule has 0 N–H and O–H groups in total. The van der Waals surface area contributed by atoms with Crippen LogP contribution in [0.5, 0.6) is 5.75 Å². The van der Waals surface area contributed by atoms with Crippen LogP contribution >= 0.6 is 15.9 Å². The lowest BCUT2D eigenvalue weighted by molar-refractivity contribution is -0.146. The Kier molecular flexibility index (Phi) is 6.66. The summed E-state index contributed by atoms with van der Waals surface area (Å²) in [6.07, 6.45) is 0.351. The third-order valence-electron chi connectivity index (χ3n) is 5.04. The van der Waals surface area contributed by atoms with Crippen molar-refractivity contribution < 1.29 is 23.9 Å². The van der Waals surface area contributed by atoms with Gasteiger partial charge in [0, 0.05) is 11.0 Å². The molecule has 1 aliphatic heterocycles. The van der Waals surface area contributed by atoms with Crippen LogP contribution in [0.15, 0.2) is 77.3 Å². The largest absolute Gasteiger partial charge is 0.482 e. The van der Waals surface area contributed by atoms with E-state index >= 15 is 0 Å². The van der Waals surface area contributed by atoms with Gasteiger partial charge in [0.2, 0.25) is 0 Å². The molecule has 162 valence electrons. The fourth-order valence-electron chi connectivity index (χ4n) is 3.43. The molecule has 7 heteroatoms. The number of nitrogens with zero attached hydrogens (tertiary/aromatic N) is 1. The van der Waals surface area contributed by atoms with Gasteiger partial charge in [0.1, 0.15) is 5.75 Å². The average Bonchev–Trinajstić information content (AvgIpc) is 3.05. The second kappa shape index (κ2) is 9.78. The maximum atomic E-state index is 12.4. The summed E-state index contributed by atoms with van der Waals surface area (Å²) in [4.78, 5) is 37.9. The molecule has 0 aliphatic carbocycles. The first-order valence-corrected chi connectivity index (χ1v) is 10.9. The smallest absolute Gasteiger partial charge is 0.344 e. The van der Waals surface area contributed by atoms with Gasteiger partial charge in [0.25, 0.3) is 11.8 Å². The minimum atomic E-state index is -0.511. The SMILES string of the molecule is O=C(COc1ccc(-c2ccccc2)cc1)OCCCN1C(=O)c2ccc(Br)cc2C1=O. The van der Waals surface area contributed by atoms with E-state index in [0.717, 1.165) is 15.6 Å². The molecule has 3 aromatic carbocycles. The molecule has 1 aliphatic rings. The summed E-state index contributed by atoms with van der Waals surface area (Å²) >= 11 is 3.31. The lowest BCUT2D eigenvalue weighted by atomic mass is 10.1. The molecular weight excluding hydrogens is 474 g/mol. The zero-order valence-corrected chi connectivity index (χ0v) is 18.7. The number of imide groups is 1. The van der Waals surface area contributed by atoms with E-state index in [4.69, 9.17) is 9.47 Å². The number of hydrogen-bond donors (Lipinski definition) is 0. The van der Waals surface area contributed by atoms with Crippen molar-refractivity contribution in [2.24, 2.45) is 0 Å². The Morgan fingerprint density at radius 1 is 0.844 bits per heavy atom. The highest BCUT2D eigenvalue weighted by Crippen LogP contribution is 2.26. The van der Waals surface area contributed by atoms with Gasteiger partial charge in [0.15, 0.2) is 6.61 Å². The van der Waals surface area contributed by atoms with Crippen LogP contribution in [0.25, 0.3) is 11.1 Å². The number of fused-ring (bicyclic) bond motifs is 1. The van der Waals surface area contributed by atoms with Crippen molar-refractivity contribution in [1.82, 2.24) is 4.90 Å². The number of esters is 1. The van der Waals surface area contributed by atoms with Gasteiger partial charge in [-0.25, -0.2) is 4.79 Å². The standard InChI is InChI=1S/C25H20BrNO5/c26-19-9-12-21-22(15-19)25(30)27(24(21)29)13-4-14-31-23(28)16-32-20-10-7-18(8-11-20)17-5-2-1-3-6-17/h1-3,5-12,15H,4,13-14,16H2. The molecule has 1 heterocycles. The first kappa shape index (κ1) is 21.8.